The van der Waals surface area contributed by atoms with E-state index >= 15 is 0 Å². The Morgan fingerprint density at radius 2 is 1.21 bits per heavy atom. The van der Waals surface area contributed by atoms with Crippen molar-refractivity contribution in [1.82, 2.24) is 0 Å². The van der Waals surface area contributed by atoms with Crippen LogP contribution in [0.2, 0.25) is 5.82 Å². The Morgan fingerprint density at radius 1 is 0.857 bits per heavy atom. The molecule has 1 rings (SSSR count). The summed E-state index contributed by atoms with van der Waals surface area (Å²) in [5, 5.41) is 0. The van der Waals surface area contributed by atoms with Crippen LogP contribution in [0.5, 0.6) is 0 Å². The van der Waals surface area contributed by atoms with Gasteiger partial charge in [0, 0.05) is 0 Å². The van der Waals surface area contributed by atoms with E-state index in [4.69, 9.17) is 9.31 Å². The molecule has 0 radical (unpaired) electrons. The smallest absolute Gasteiger partial charge is 0.403 e. The van der Waals surface area contributed by atoms with Gasteiger partial charge in [0.05, 0.1) is 11.2 Å². The molecule has 1 heterocycles. The summed E-state index contributed by atoms with van der Waals surface area (Å²) < 4.78 is 11.9. The average Bonchev–Trinajstić information content (AvgIpc) is 2.20. The first-order chi connectivity index (χ1) is 6.17. The van der Waals surface area contributed by atoms with E-state index in [2.05, 4.69) is 48.5 Å². The van der Waals surface area contributed by atoms with Crippen LogP contribution in [0, 0.1) is 5.92 Å². The lowest BCUT2D eigenvalue weighted by Gasteiger charge is -2.32. The minimum atomic E-state index is -0.194. The molecular formula is C11H23BO2. The second kappa shape index (κ2) is 3.53. The van der Waals surface area contributed by atoms with E-state index in [9.17, 15) is 0 Å². The summed E-state index contributed by atoms with van der Waals surface area (Å²) in [6, 6.07) is 0. The van der Waals surface area contributed by atoms with Gasteiger partial charge in [-0.05, 0) is 39.4 Å². The van der Waals surface area contributed by atoms with E-state index in [-0.39, 0.29) is 18.3 Å². The van der Waals surface area contributed by atoms with E-state index in [1.165, 1.54) is 0 Å². The molecule has 1 aliphatic rings. The SMILES string of the molecule is CC(C)C(C)B1OC(C)(C)C(C)(C)O1. The fourth-order valence-corrected chi connectivity index (χ4v) is 1.42. The van der Waals surface area contributed by atoms with Gasteiger partial charge in [-0.1, -0.05) is 20.8 Å². The molecule has 0 aromatic rings. The summed E-state index contributed by atoms with van der Waals surface area (Å²) in [6.07, 6.45) is 0. The highest BCUT2D eigenvalue weighted by Crippen LogP contribution is 2.41. The fraction of sp³-hybridized carbons (Fsp3) is 1.00. The van der Waals surface area contributed by atoms with E-state index in [1.54, 1.807) is 0 Å². The van der Waals surface area contributed by atoms with Gasteiger partial charge in [-0.25, -0.2) is 0 Å². The molecule has 0 N–H and O–H groups in total. The van der Waals surface area contributed by atoms with Crippen molar-refractivity contribution in [2.45, 2.75) is 65.5 Å². The molecule has 3 heteroatoms. The van der Waals surface area contributed by atoms with Gasteiger partial charge in [-0.15, -0.1) is 0 Å². The molecule has 0 saturated carbocycles. The Labute approximate surface area is 88.5 Å². The molecule has 1 aliphatic heterocycles. The minimum absolute atomic E-state index is 0.0556. The second-order valence-electron chi connectivity index (χ2n) is 5.73. The first kappa shape index (κ1) is 12.1. The van der Waals surface area contributed by atoms with Crippen LogP contribution in [0.15, 0.2) is 0 Å². The minimum Gasteiger partial charge on any atom is -0.403 e. The lowest BCUT2D eigenvalue weighted by molar-refractivity contribution is 0.00578. The molecule has 82 valence electrons. The molecule has 1 unspecified atom stereocenters. The molecule has 0 aromatic heterocycles. The molecule has 2 nitrogen and oxygen atoms in total. The zero-order valence-electron chi connectivity index (χ0n) is 10.5. The quantitative estimate of drug-likeness (QED) is 0.634. The Morgan fingerprint density at radius 3 is 1.50 bits per heavy atom. The van der Waals surface area contributed by atoms with Crippen LogP contribution in [-0.4, -0.2) is 18.3 Å². The third kappa shape index (κ3) is 1.99. The Kier molecular flexibility index (Phi) is 3.04. The number of hydrogen-bond acceptors (Lipinski definition) is 2. The van der Waals surface area contributed by atoms with Crippen molar-refractivity contribution in [3.8, 4) is 0 Å². The highest BCUT2D eigenvalue weighted by molar-refractivity contribution is 6.47. The van der Waals surface area contributed by atoms with E-state index in [0.29, 0.717) is 11.7 Å². The van der Waals surface area contributed by atoms with Gasteiger partial charge in [0.1, 0.15) is 0 Å². The molecule has 0 aliphatic carbocycles. The van der Waals surface area contributed by atoms with E-state index < -0.39 is 0 Å². The summed E-state index contributed by atoms with van der Waals surface area (Å²) >= 11 is 0. The topological polar surface area (TPSA) is 18.5 Å². The Bertz CT molecular complexity index is 195. The lowest BCUT2D eigenvalue weighted by Crippen LogP contribution is -2.41. The van der Waals surface area contributed by atoms with Crippen molar-refractivity contribution in [2.75, 3.05) is 0 Å². The third-order valence-electron chi connectivity index (χ3n) is 3.75. The van der Waals surface area contributed by atoms with Crippen LogP contribution < -0.4 is 0 Å². The summed E-state index contributed by atoms with van der Waals surface area (Å²) in [4.78, 5) is 0. The normalized spacial score (nSPS) is 27.0. The Balaban J connectivity index is 2.73. The van der Waals surface area contributed by atoms with Crippen molar-refractivity contribution in [2.24, 2.45) is 5.92 Å². The fourth-order valence-electron chi connectivity index (χ4n) is 1.42. The van der Waals surface area contributed by atoms with Crippen molar-refractivity contribution in [3.05, 3.63) is 0 Å². The van der Waals surface area contributed by atoms with Crippen LogP contribution in [0.3, 0.4) is 0 Å². The molecule has 1 fully saturated rings. The maximum atomic E-state index is 5.96. The first-order valence-corrected chi connectivity index (χ1v) is 5.53. The molecule has 0 amide bonds. The van der Waals surface area contributed by atoms with Crippen LogP contribution in [0.1, 0.15) is 48.5 Å². The van der Waals surface area contributed by atoms with Crippen molar-refractivity contribution in [1.29, 1.82) is 0 Å². The summed E-state index contributed by atoms with van der Waals surface area (Å²) in [6.45, 7) is 15.0. The van der Waals surface area contributed by atoms with Gasteiger partial charge < -0.3 is 9.31 Å². The second-order valence-corrected chi connectivity index (χ2v) is 5.73. The van der Waals surface area contributed by atoms with Gasteiger partial charge in [0.15, 0.2) is 0 Å². The van der Waals surface area contributed by atoms with Crippen LogP contribution >= 0.6 is 0 Å². The third-order valence-corrected chi connectivity index (χ3v) is 3.75. The van der Waals surface area contributed by atoms with Gasteiger partial charge in [-0.2, -0.15) is 0 Å². The van der Waals surface area contributed by atoms with Gasteiger partial charge >= 0.3 is 7.12 Å². The molecule has 0 spiro atoms. The molecular weight excluding hydrogens is 175 g/mol. The predicted octanol–water partition coefficient (Wildman–Crippen LogP) is 3.12. The van der Waals surface area contributed by atoms with Gasteiger partial charge in [-0.3, -0.25) is 0 Å². The predicted molar refractivity (Wildman–Crippen MR) is 60.3 cm³/mol. The van der Waals surface area contributed by atoms with E-state index in [0.717, 1.165) is 0 Å². The molecule has 1 atom stereocenters. The largest absolute Gasteiger partial charge is 0.461 e. The standard InChI is InChI=1S/C11H23BO2/c1-8(2)9(3)12-13-10(4,5)11(6,7)14-12/h8-9H,1-7H3. The maximum Gasteiger partial charge on any atom is 0.461 e. The maximum absolute atomic E-state index is 5.96. The molecule has 14 heavy (non-hydrogen) atoms. The summed E-state index contributed by atoms with van der Waals surface area (Å²) in [5.74, 6) is 1.03. The van der Waals surface area contributed by atoms with Crippen molar-refractivity contribution in [3.63, 3.8) is 0 Å². The molecule has 1 saturated heterocycles. The zero-order valence-corrected chi connectivity index (χ0v) is 10.5. The van der Waals surface area contributed by atoms with Crippen molar-refractivity contribution < 1.29 is 9.31 Å². The monoisotopic (exact) mass is 198 g/mol. The average molecular weight is 198 g/mol. The molecule has 0 bridgehead atoms. The van der Waals surface area contributed by atoms with Gasteiger partial charge in [0.25, 0.3) is 0 Å². The van der Waals surface area contributed by atoms with Crippen LogP contribution in [0.25, 0.3) is 0 Å². The van der Waals surface area contributed by atoms with Gasteiger partial charge in [0.2, 0.25) is 0 Å². The highest BCUT2D eigenvalue weighted by atomic mass is 16.7. The first-order valence-electron chi connectivity index (χ1n) is 5.53. The highest BCUT2D eigenvalue weighted by Gasteiger charge is 2.53. The Hall–Kier alpha value is -0.0151. The van der Waals surface area contributed by atoms with Crippen molar-refractivity contribution >= 4 is 7.12 Å². The number of hydrogen-bond donors (Lipinski definition) is 0. The van der Waals surface area contributed by atoms with Crippen LogP contribution in [0.4, 0.5) is 0 Å². The summed E-state index contributed by atoms with van der Waals surface area (Å²) in [5.41, 5.74) is -0.387. The zero-order chi connectivity index (χ0) is 11.1. The number of rotatable bonds is 2. The van der Waals surface area contributed by atoms with E-state index in [1.807, 2.05) is 0 Å². The lowest BCUT2D eigenvalue weighted by atomic mass is 9.67. The van der Waals surface area contributed by atoms with Crippen LogP contribution in [-0.2, 0) is 9.31 Å². The molecule has 0 aromatic carbocycles. The summed E-state index contributed by atoms with van der Waals surface area (Å²) in [7, 11) is -0.0556.